The van der Waals surface area contributed by atoms with Crippen molar-refractivity contribution in [2.75, 3.05) is 36.4 Å². The van der Waals surface area contributed by atoms with E-state index in [4.69, 9.17) is 11.6 Å². The van der Waals surface area contributed by atoms with Gasteiger partial charge < -0.3 is 10.2 Å². The Bertz CT molecular complexity index is 1130. The molecule has 4 rings (SSSR count). The lowest BCUT2D eigenvalue weighted by Gasteiger charge is -2.34. The van der Waals surface area contributed by atoms with E-state index in [2.05, 4.69) is 20.5 Å². The van der Waals surface area contributed by atoms with Gasteiger partial charge in [0.25, 0.3) is 0 Å². The molecule has 0 bridgehead atoms. The van der Waals surface area contributed by atoms with Gasteiger partial charge in [-0.1, -0.05) is 23.7 Å². The molecule has 10 heteroatoms. The zero-order chi connectivity index (χ0) is 21.1. The van der Waals surface area contributed by atoms with Crippen molar-refractivity contribution in [2.45, 2.75) is 11.8 Å². The maximum Gasteiger partial charge on any atom is 0.244 e. The average Bonchev–Trinajstić information content (AvgIpc) is 2.75. The van der Waals surface area contributed by atoms with Crippen LogP contribution in [-0.2, 0) is 10.0 Å². The standard InChI is InChI=1S/C20H21ClN6O2S/c1-15-8-9-22-19(14-15)23-18-6-7-20(25-24-18)26-10-12-27(13-11-26)30(28,29)17-5-3-2-4-16(17)21/h2-9,14H,10-13H2,1H3,(H,22,23,24). The van der Waals surface area contributed by atoms with Gasteiger partial charge in [0.1, 0.15) is 10.7 Å². The zero-order valence-corrected chi connectivity index (χ0v) is 17.9. The van der Waals surface area contributed by atoms with Gasteiger partial charge >= 0.3 is 0 Å². The van der Waals surface area contributed by atoms with Crippen molar-refractivity contribution in [3.8, 4) is 0 Å². The summed E-state index contributed by atoms with van der Waals surface area (Å²) in [6.07, 6.45) is 1.73. The minimum Gasteiger partial charge on any atom is -0.352 e. The molecular formula is C20H21ClN6O2S. The van der Waals surface area contributed by atoms with E-state index < -0.39 is 10.0 Å². The Morgan fingerprint density at radius 3 is 2.40 bits per heavy atom. The number of piperazine rings is 1. The van der Waals surface area contributed by atoms with Crippen molar-refractivity contribution in [3.63, 3.8) is 0 Å². The Morgan fingerprint density at radius 2 is 1.73 bits per heavy atom. The fourth-order valence-corrected chi connectivity index (χ4v) is 5.16. The Morgan fingerprint density at radius 1 is 0.967 bits per heavy atom. The first-order valence-corrected chi connectivity index (χ1v) is 11.3. The van der Waals surface area contributed by atoms with E-state index in [1.807, 2.05) is 36.1 Å². The molecule has 30 heavy (non-hydrogen) atoms. The molecule has 1 aromatic carbocycles. The van der Waals surface area contributed by atoms with Gasteiger partial charge in [-0.3, -0.25) is 0 Å². The van der Waals surface area contributed by atoms with Crippen LogP contribution in [-0.4, -0.2) is 54.1 Å². The Hall–Kier alpha value is -2.75. The molecule has 2 aromatic heterocycles. The number of hydrogen-bond donors (Lipinski definition) is 1. The maximum atomic E-state index is 12.9. The van der Waals surface area contributed by atoms with Gasteiger partial charge in [-0.15, -0.1) is 10.2 Å². The van der Waals surface area contributed by atoms with Gasteiger partial charge in [0.2, 0.25) is 10.0 Å². The number of nitrogens with one attached hydrogen (secondary N) is 1. The van der Waals surface area contributed by atoms with Crippen molar-refractivity contribution in [2.24, 2.45) is 0 Å². The molecule has 3 heterocycles. The number of anilines is 3. The second-order valence-electron chi connectivity index (χ2n) is 6.94. The summed E-state index contributed by atoms with van der Waals surface area (Å²) >= 11 is 6.09. The molecule has 3 aromatic rings. The summed E-state index contributed by atoms with van der Waals surface area (Å²) in [4.78, 5) is 6.40. The van der Waals surface area contributed by atoms with E-state index in [0.29, 0.717) is 43.6 Å². The Balaban J connectivity index is 1.40. The fourth-order valence-electron chi connectivity index (χ4n) is 3.25. The highest BCUT2D eigenvalue weighted by atomic mass is 35.5. The molecule has 1 saturated heterocycles. The molecule has 1 aliphatic rings. The van der Waals surface area contributed by atoms with Crippen LogP contribution in [0.15, 0.2) is 59.6 Å². The van der Waals surface area contributed by atoms with Crippen LogP contribution in [0, 0.1) is 6.92 Å². The number of hydrogen-bond acceptors (Lipinski definition) is 7. The lowest BCUT2D eigenvalue weighted by Crippen LogP contribution is -2.49. The van der Waals surface area contributed by atoms with E-state index in [9.17, 15) is 8.42 Å². The number of aromatic nitrogens is 3. The highest BCUT2D eigenvalue weighted by Gasteiger charge is 2.30. The molecule has 8 nitrogen and oxygen atoms in total. The van der Waals surface area contributed by atoms with Crippen molar-refractivity contribution in [1.29, 1.82) is 0 Å². The predicted octanol–water partition coefficient (Wildman–Crippen LogP) is 3.09. The van der Waals surface area contributed by atoms with E-state index in [1.54, 1.807) is 24.4 Å². The molecule has 0 amide bonds. The van der Waals surface area contributed by atoms with Crippen LogP contribution in [0.1, 0.15) is 5.56 Å². The summed E-state index contributed by atoms with van der Waals surface area (Å²) in [5.74, 6) is 2.00. The average molecular weight is 445 g/mol. The number of pyridine rings is 1. The zero-order valence-electron chi connectivity index (χ0n) is 16.4. The summed E-state index contributed by atoms with van der Waals surface area (Å²) in [5, 5.41) is 11.8. The number of benzene rings is 1. The SMILES string of the molecule is Cc1ccnc(Nc2ccc(N3CCN(S(=O)(=O)c4ccccc4Cl)CC3)nn2)c1. The van der Waals surface area contributed by atoms with Crippen molar-refractivity contribution in [1.82, 2.24) is 19.5 Å². The monoisotopic (exact) mass is 444 g/mol. The molecule has 0 atom stereocenters. The van der Waals surface area contributed by atoms with Gasteiger partial charge in [-0.2, -0.15) is 4.31 Å². The summed E-state index contributed by atoms with van der Waals surface area (Å²) < 4.78 is 27.2. The van der Waals surface area contributed by atoms with Crippen molar-refractivity contribution in [3.05, 3.63) is 65.3 Å². The number of halogens is 1. The first kappa shape index (κ1) is 20.5. The number of aryl methyl sites for hydroxylation is 1. The minimum absolute atomic E-state index is 0.139. The third-order valence-electron chi connectivity index (χ3n) is 4.84. The molecule has 0 aliphatic carbocycles. The van der Waals surface area contributed by atoms with Gasteiger partial charge in [-0.25, -0.2) is 13.4 Å². The smallest absolute Gasteiger partial charge is 0.244 e. The van der Waals surface area contributed by atoms with Gasteiger partial charge in [0.05, 0.1) is 5.02 Å². The van der Waals surface area contributed by atoms with Crippen LogP contribution in [0.4, 0.5) is 17.5 Å². The van der Waals surface area contributed by atoms with Gasteiger partial charge in [0, 0.05) is 32.4 Å². The largest absolute Gasteiger partial charge is 0.352 e. The lowest BCUT2D eigenvalue weighted by molar-refractivity contribution is 0.383. The lowest BCUT2D eigenvalue weighted by atomic mass is 10.3. The van der Waals surface area contributed by atoms with E-state index in [0.717, 1.165) is 5.56 Å². The van der Waals surface area contributed by atoms with Crippen LogP contribution < -0.4 is 10.2 Å². The normalized spacial score (nSPS) is 15.2. The summed E-state index contributed by atoms with van der Waals surface area (Å²) in [6.45, 7) is 3.73. The molecule has 0 radical (unpaired) electrons. The molecule has 0 unspecified atom stereocenters. The minimum atomic E-state index is -3.62. The van der Waals surface area contributed by atoms with E-state index in [-0.39, 0.29) is 9.92 Å². The van der Waals surface area contributed by atoms with Crippen LogP contribution in [0.3, 0.4) is 0 Å². The molecule has 1 N–H and O–H groups in total. The van der Waals surface area contributed by atoms with E-state index in [1.165, 1.54) is 10.4 Å². The molecule has 156 valence electrons. The van der Waals surface area contributed by atoms with Gasteiger partial charge in [0.15, 0.2) is 11.6 Å². The third-order valence-corrected chi connectivity index (χ3v) is 7.24. The molecular weight excluding hydrogens is 424 g/mol. The van der Waals surface area contributed by atoms with Crippen LogP contribution >= 0.6 is 11.6 Å². The Labute approximate surface area is 180 Å². The van der Waals surface area contributed by atoms with Crippen molar-refractivity contribution < 1.29 is 8.42 Å². The van der Waals surface area contributed by atoms with Crippen molar-refractivity contribution >= 4 is 39.1 Å². The molecule has 1 aliphatic heterocycles. The van der Waals surface area contributed by atoms with Crippen LogP contribution in [0.25, 0.3) is 0 Å². The topological polar surface area (TPSA) is 91.3 Å². The maximum absolute atomic E-state index is 12.9. The van der Waals surface area contributed by atoms with E-state index >= 15 is 0 Å². The highest BCUT2D eigenvalue weighted by molar-refractivity contribution is 7.89. The first-order chi connectivity index (χ1) is 14.4. The fraction of sp³-hybridized carbons (Fsp3) is 0.250. The quantitative estimate of drug-likeness (QED) is 0.646. The Kier molecular flexibility index (Phi) is 5.85. The highest BCUT2D eigenvalue weighted by Crippen LogP contribution is 2.26. The third kappa shape index (κ3) is 4.38. The molecule has 0 saturated carbocycles. The van der Waals surface area contributed by atoms with Gasteiger partial charge in [-0.05, 0) is 48.9 Å². The summed E-state index contributed by atoms with van der Waals surface area (Å²) in [6, 6.07) is 14.0. The molecule has 0 spiro atoms. The first-order valence-electron chi connectivity index (χ1n) is 9.46. The predicted molar refractivity (Wildman–Crippen MR) is 117 cm³/mol. The summed E-state index contributed by atoms with van der Waals surface area (Å²) in [7, 11) is -3.62. The second-order valence-corrected chi connectivity index (χ2v) is 9.26. The second kappa shape index (κ2) is 8.55. The number of rotatable bonds is 5. The van der Waals surface area contributed by atoms with Crippen LogP contribution in [0.5, 0.6) is 0 Å². The summed E-state index contributed by atoms with van der Waals surface area (Å²) in [5.41, 5.74) is 1.10. The number of sulfonamides is 1. The molecule has 1 fully saturated rings. The number of nitrogens with zero attached hydrogens (tertiary/aromatic N) is 5. The van der Waals surface area contributed by atoms with Crippen LogP contribution in [0.2, 0.25) is 5.02 Å².